The van der Waals surface area contributed by atoms with Gasteiger partial charge in [0.2, 0.25) is 0 Å². The van der Waals surface area contributed by atoms with Gasteiger partial charge in [0.1, 0.15) is 23.0 Å². The Kier molecular flexibility index (Phi) is 3.38. The Bertz CT molecular complexity index is 570. The number of amidine groups is 1. The SMILES string of the molecule is NC(=NO)c1cc(Oc2ccc(F)cc2)ccn1. The lowest BCUT2D eigenvalue weighted by atomic mass is 10.3. The number of ether oxygens (including phenoxy) is 1. The molecule has 0 aliphatic carbocycles. The number of oxime groups is 1. The molecule has 5 nitrogen and oxygen atoms in total. The summed E-state index contributed by atoms with van der Waals surface area (Å²) in [5.41, 5.74) is 5.70. The first-order valence-electron chi connectivity index (χ1n) is 5.06. The Morgan fingerprint density at radius 2 is 1.94 bits per heavy atom. The minimum Gasteiger partial charge on any atom is -0.457 e. The Balaban J connectivity index is 2.22. The summed E-state index contributed by atoms with van der Waals surface area (Å²) in [5.74, 6) is 0.486. The quantitative estimate of drug-likeness (QED) is 0.376. The molecular formula is C12H10FN3O2. The lowest BCUT2D eigenvalue weighted by Crippen LogP contribution is -2.14. The highest BCUT2D eigenvalue weighted by Gasteiger charge is 2.04. The molecule has 0 radical (unpaired) electrons. The van der Waals surface area contributed by atoms with Gasteiger partial charge in [-0.05, 0) is 30.3 Å². The molecule has 0 spiro atoms. The van der Waals surface area contributed by atoms with Crippen molar-refractivity contribution in [2.45, 2.75) is 0 Å². The van der Waals surface area contributed by atoms with Crippen molar-refractivity contribution in [1.29, 1.82) is 0 Å². The maximum atomic E-state index is 12.7. The van der Waals surface area contributed by atoms with Gasteiger partial charge in [-0.2, -0.15) is 0 Å². The Hall–Kier alpha value is -2.63. The molecule has 0 amide bonds. The molecule has 6 heteroatoms. The molecule has 0 bridgehead atoms. The van der Waals surface area contributed by atoms with Gasteiger partial charge in [0.25, 0.3) is 0 Å². The molecule has 0 aliphatic rings. The molecule has 0 aliphatic heterocycles. The maximum absolute atomic E-state index is 12.7. The molecule has 1 heterocycles. The average molecular weight is 247 g/mol. The summed E-state index contributed by atoms with van der Waals surface area (Å²) in [4.78, 5) is 3.91. The number of nitrogens with two attached hydrogens (primary N) is 1. The monoisotopic (exact) mass is 247 g/mol. The molecule has 1 aromatic carbocycles. The van der Waals surface area contributed by atoms with E-state index in [0.29, 0.717) is 11.5 Å². The van der Waals surface area contributed by atoms with Gasteiger partial charge in [0, 0.05) is 12.3 Å². The number of rotatable bonds is 3. The number of benzene rings is 1. The number of hydrogen-bond acceptors (Lipinski definition) is 4. The molecule has 0 saturated heterocycles. The predicted molar refractivity (Wildman–Crippen MR) is 63.2 cm³/mol. The van der Waals surface area contributed by atoms with E-state index in [9.17, 15) is 4.39 Å². The van der Waals surface area contributed by atoms with Crippen LogP contribution in [0.1, 0.15) is 5.69 Å². The van der Waals surface area contributed by atoms with Crippen LogP contribution in [0, 0.1) is 5.82 Å². The fourth-order valence-electron chi connectivity index (χ4n) is 1.30. The molecule has 0 fully saturated rings. The summed E-state index contributed by atoms with van der Waals surface area (Å²) in [6, 6.07) is 8.70. The summed E-state index contributed by atoms with van der Waals surface area (Å²) in [6.07, 6.45) is 1.46. The van der Waals surface area contributed by atoms with E-state index in [-0.39, 0.29) is 17.3 Å². The Morgan fingerprint density at radius 1 is 1.22 bits per heavy atom. The van der Waals surface area contributed by atoms with Gasteiger partial charge < -0.3 is 15.7 Å². The normalized spacial score (nSPS) is 11.3. The van der Waals surface area contributed by atoms with Crippen molar-refractivity contribution in [3.05, 3.63) is 54.1 Å². The van der Waals surface area contributed by atoms with E-state index in [1.165, 1.54) is 36.5 Å². The van der Waals surface area contributed by atoms with E-state index < -0.39 is 0 Å². The highest BCUT2D eigenvalue weighted by Crippen LogP contribution is 2.21. The lowest BCUT2D eigenvalue weighted by Gasteiger charge is -2.06. The first-order chi connectivity index (χ1) is 8.69. The van der Waals surface area contributed by atoms with Crippen molar-refractivity contribution in [3.63, 3.8) is 0 Å². The third-order valence-corrected chi connectivity index (χ3v) is 2.15. The molecule has 0 unspecified atom stereocenters. The molecule has 0 atom stereocenters. The van der Waals surface area contributed by atoms with Crippen LogP contribution >= 0.6 is 0 Å². The van der Waals surface area contributed by atoms with E-state index in [1.54, 1.807) is 6.07 Å². The van der Waals surface area contributed by atoms with Crippen molar-refractivity contribution in [3.8, 4) is 11.5 Å². The zero-order valence-corrected chi connectivity index (χ0v) is 9.25. The van der Waals surface area contributed by atoms with Crippen LogP contribution in [0.15, 0.2) is 47.8 Å². The van der Waals surface area contributed by atoms with Crippen molar-refractivity contribution in [2.75, 3.05) is 0 Å². The van der Waals surface area contributed by atoms with Gasteiger partial charge >= 0.3 is 0 Å². The first kappa shape index (κ1) is 11.8. The maximum Gasteiger partial charge on any atom is 0.188 e. The molecule has 3 N–H and O–H groups in total. The Morgan fingerprint density at radius 3 is 2.61 bits per heavy atom. The standard InChI is InChI=1S/C12H10FN3O2/c13-8-1-3-9(4-2-8)18-10-5-6-15-11(7-10)12(14)16-17/h1-7,17H,(H2,14,16). The minimum absolute atomic E-state index is 0.112. The van der Waals surface area contributed by atoms with Gasteiger partial charge in [-0.1, -0.05) is 5.16 Å². The van der Waals surface area contributed by atoms with Gasteiger partial charge in [0.05, 0.1) is 0 Å². The molecule has 92 valence electrons. The number of pyridine rings is 1. The Labute approximate surface area is 102 Å². The average Bonchev–Trinajstić information content (AvgIpc) is 2.41. The largest absolute Gasteiger partial charge is 0.457 e. The molecular weight excluding hydrogens is 237 g/mol. The van der Waals surface area contributed by atoms with E-state index in [4.69, 9.17) is 15.7 Å². The summed E-state index contributed by atoms with van der Waals surface area (Å²) < 4.78 is 18.2. The zero-order chi connectivity index (χ0) is 13.0. The third-order valence-electron chi connectivity index (χ3n) is 2.15. The smallest absolute Gasteiger partial charge is 0.188 e. The van der Waals surface area contributed by atoms with Crippen LogP contribution in [0.3, 0.4) is 0 Å². The molecule has 18 heavy (non-hydrogen) atoms. The topological polar surface area (TPSA) is 80.7 Å². The van der Waals surface area contributed by atoms with Crippen LogP contribution in [0.2, 0.25) is 0 Å². The van der Waals surface area contributed by atoms with Crippen LogP contribution in [0.4, 0.5) is 4.39 Å². The van der Waals surface area contributed by atoms with E-state index in [0.717, 1.165) is 0 Å². The second-order valence-electron chi connectivity index (χ2n) is 3.42. The van der Waals surface area contributed by atoms with Crippen LogP contribution < -0.4 is 10.5 Å². The fourth-order valence-corrected chi connectivity index (χ4v) is 1.30. The second kappa shape index (κ2) is 5.13. The van der Waals surface area contributed by atoms with Crippen LogP contribution in [-0.4, -0.2) is 16.0 Å². The van der Waals surface area contributed by atoms with Crippen molar-refractivity contribution in [2.24, 2.45) is 10.9 Å². The van der Waals surface area contributed by atoms with Gasteiger partial charge in [-0.3, -0.25) is 4.98 Å². The lowest BCUT2D eigenvalue weighted by molar-refractivity contribution is 0.318. The van der Waals surface area contributed by atoms with E-state index in [1.807, 2.05) is 0 Å². The third kappa shape index (κ3) is 2.73. The minimum atomic E-state index is -0.338. The van der Waals surface area contributed by atoms with Gasteiger partial charge in [-0.25, -0.2) is 4.39 Å². The number of nitrogens with zero attached hydrogens (tertiary/aromatic N) is 2. The second-order valence-corrected chi connectivity index (χ2v) is 3.42. The first-order valence-corrected chi connectivity index (χ1v) is 5.06. The highest BCUT2D eigenvalue weighted by molar-refractivity contribution is 5.95. The zero-order valence-electron chi connectivity index (χ0n) is 9.25. The summed E-state index contributed by atoms with van der Waals surface area (Å²) >= 11 is 0. The summed E-state index contributed by atoms with van der Waals surface area (Å²) in [5, 5.41) is 11.4. The van der Waals surface area contributed by atoms with Crippen molar-refractivity contribution < 1.29 is 14.3 Å². The molecule has 2 aromatic rings. The predicted octanol–water partition coefficient (Wildman–Crippen LogP) is 2.11. The van der Waals surface area contributed by atoms with Gasteiger partial charge in [0.15, 0.2) is 5.84 Å². The van der Waals surface area contributed by atoms with Crippen LogP contribution in [0.5, 0.6) is 11.5 Å². The van der Waals surface area contributed by atoms with E-state index in [2.05, 4.69) is 10.1 Å². The summed E-state index contributed by atoms with van der Waals surface area (Å²) in [7, 11) is 0. The van der Waals surface area contributed by atoms with Crippen molar-refractivity contribution >= 4 is 5.84 Å². The highest BCUT2D eigenvalue weighted by atomic mass is 19.1. The number of halogens is 1. The summed E-state index contributed by atoms with van der Waals surface area (Å²) in [6.45, 7) is 0. The van der Waals surface area contributed by atoms with Crippen LogP contribution in [-0.2, 0) is 0 Å². The van der Waals surface area contributed by atoms with Crippen LogP contribution in [0.25, 0.3) is 0 Å². The van der Waals surface area contributed by atoms with Gasteiger partial charge in [-0.15, -0.1) is 0 Å². The fraction of sp³-hybridized carbons (Fsp3) is 0. The number of aromatic nitrogens is 1. The molecule has 1 aromatic heterocycles. The van der Waals surface area contributed by atoms with E-state index >= 15 is 0 Å². The molecule has 2 rings (SSSR count). The number of hydrogen-bond donors (Lipinski definition) is 2. The van der Waals surface area contributed by atoms with Crippen molar-refractivity contribution in [1.82, 2.24) is 4.98 Å². The molecule has 0 saturated carbocycles.